The van der Waals surface area contributed by atoms with E-state index in [0.29, 0.717) is 6.61 Å². The van der Waals surface area contributed by atoms with Gasteiger partial charge in [0.2, 0.25) is 0 Å². The fourth-order valence-corrected chi connectivity index (χ4v) is 3.71. The van der Waals surface area contributed by atoms with E-state index in [1.54, 1.807) is 12.1 Å². The minimum atomic E-state index is -0.279. The van der Waals surface area contributed by atoms with Crippen molar-refractivity contribution < 1.29 is 9.13 Å². The summed E-state index contributed by atoms with van der Waals surface area (Å²) in [5.41, 5.74) is 5.59. The van der Waals surface area contributed by atoms with Gasteiger partial charge in [-0.1, -0.05) is 29.8 Å². The Morgan fingerprint density at radius 3 is 2.43 bits per heavy atom. The third-order valence-electron chi connectivity index (χ3n) is 5.19. The molecule has 0 saturated heterocycles. The lowest BCUT2D eigenvalue weighted by Crippen LogP contribution is -1.98. The summed E-state index contributed by atoms with van der Waals surface area (Å²) < 4.78 is 21.1. The van der Waals surface area contributed by atoms with Crippen molar-refractivity contribution in [3.8, 4) is 22.7 Å². The fraction of sp³-hybridized carbons (Fsp3) is 0.120. The lowest BCUT2D eigenvalue weighted by atomic mass is 10.1. The van der Waals surface area contributed by atoms with Crippen molar-refractivity contribution in [1.29, 1.82) is 0 Å². The zero-order chi connectivity index (χ0) is 20.7. The summed E-state index contributed by atoms with van der Waals surface area (Å²) in [4.78, 5) is 4.67. The second-order valence-electron chi connectivity index (χ2n) is 7.24. The van der Waals surface area contributed by atoms with E-state index in [1.807, 2.05) is 36.0 Å². The molecule has 0 amide bonds. The number of pyridine rings is 1. The number of hydrogen-bond acceptors (Lipinski definition) is 3. The molecule has 0 unspecified atom stereocenters. The predicted molar refractivity (Wildman–Crippen MR) is 118 cm³/mol. The van der Waals surface area contributed by atoms with Crippen LogP contribution in [0, 0.1) is 12.7 Å². The van der Waals surface area contributed by atoms with Gasteiger partial charge >= 0.3 is 0 Å². The Hall–Kier alpha value is -3.73. The summed E-state index contributed by atoms with van der Waals surface area (Å²) >= 11 is 0. The van der Waals surface area contributed by atoms with Crippen LogP contribution in [0.1, 0.15) is 12.5 Å². The quantitative estimate of drug-likeness (QED) is 0.369. The van der Waals surface area contributed by atoms with Gasteiger partial charge in [0.25, 0.3) is 0 Å². The minimum Gasteiger partial charge on any atom is -0.494 e. The standard InChI is InChI=1S/C25H20FN3O/c1-3-30-20-12-13-23-21(14-20)25-22(15-27-23)24(17-6-4-16(2)5-7-17)28-29(25)19-10-8-18(26)9-11-19/h4-15H,3H2,1-2H3. The molecule has 5 heteroatoms. The van der Waals surface area contributed by atoms with E-state index in [0.717, 1.165) is 44.5 Å². The van der Waals surface area contributed by atoms with E-state index < -0.39 is 0 Å². The lowest BCUT2D eigenvalue weighted by Gasteiger charge is -2.08. The topological polar surface area (TPSA) is 39.9 Å². The number of rotatable bonds is 4. The molecular formula is C25H20FN3O. The predicted octanol–water partition coefficient (Wildman–Crippen LogP) is 6.09. The molecule has 0 saturated carbocycles. The van der Waals surface area contributed by atoms with Crippen LogP contribution in [0.5, 0.6) is 5.75 Å². The molecule has 5 aromatic rings. The molecule has 0 aliphatic rings. The average molecular weight is 397 g/mol. The van der Waals surface area contributed by atoms with Gasteiger partial charge in [0, 0.05) is 22.5 Å². The van der Waals surface area contributed by atoms with Crippen molar-refractivity contribution in [1.82, 2.24) is 14.8 Å². The summed E-state index contributed by atoms with van der Waals surface area (Å²) in [6.45, 7) is 4.60. The maximum absolute atomic E-state index is 13.6. The first kappa shape index (κ1) is 18.3. The van der Waals surface area contributed by atoms with Crippen molar-refractivity contribution in [2.45, 2.75) is 13.8 Å². The van der Waals surface area contributed by atoms with Crippen LogP contribution >= 0.6 is 0 Å². The third-order valence-corrected chi connectivity index (χ3v) is 5.19. The van der Waals surface area contributed by atoms with Gasteiger partial charge < -0.3 is 4.74 Å². The van der Waals surface area contributed by atoms with Crippen LogP contribution in [0.3, 0.4) is 0 Å². The molecule has 4 nitrogen and oxygen atoms in total. The zero-order valence-corrected chi connectivity index (χ0v) is 16.8. The molecule has 0 aliphatic heterocycles. The highest BCUT2D eigenvalue weighted by atomic mass is 19.1. The first-order valence-corrected chi connectivity index (χ1v) is 9.91. The van der Waals surface area contributed by atoms with Crippen LogP contribution in [0.25, 0.3) is 38.8 Å². The molecule has 5 rings (SSSR count). The first-order valence-electron chi connectivity index (χ1n) is 9.91. The number of benzene rings is 3. The number of fused-ring (bicyclic) bond motifs is 3. The van der Waals surface area contributed by atoms with Gasteiger partial charge in [-0.15, -0.1) is 0 Å². The largest absolute Gasteiger partial charge is 0.494 e. The van der Waals surface area contributed by atoms with Crippen LogP contribution < -0.4 is 4.74 Å². The number of nitrogens with zero attached hydrogens (tertiary/aromatic N) is 3. The molecule has 30 heavy (non-hydrogen) atoms. The van der Waals surface area contributed by atoms with Crippen LogP contribution in [0.4, 0.5) is 4.39 Å². The fourth-order valence-electron chi connectivity index (χ4n) is 3.71. The van der Waals surface area contributed by atoms with E-state index in [9.17, 15) is 4.39 Å². The van der Waals surface area contributed by atoms with E-state index >= 15 is 0 Å². The van der Waals surface area contributed by atoms with Gasteiger partial charge in [0.1, 0.15) is 17.3 Å². The van der Waals surface area contributed by atoms with Gasteiger partial charge in [-0.05, 0) is 56.3 Å². The molecule has 0 spiro atoms. The molecule has 0 fully saturated rings. The van der Waals surface area contributed by atoms with E-state index in [2.05, 4.69) is 36.2 Å². The summed E-state index contributed by atoms with van der Waals surface area (Å²) in [6.07, 6.45) is 1.86. The third kappa shape index (κ3) is 3.08. The maximum atomic E-state index is 13.6. The summed E-state index contributed by atoms with van der Waals surface area (Å²) in [5, 5.41) is 6.80. The number of aryl methyl sites for hydroxylation is 1. The van der Waals surface area contributed by atoms with Crippen LogP contribution in [-0.4, -0.2) is 21.4 Å². The van der Waals surface area contributed by atoms with E-state index in [1.165, 1.54) is 17.7 Å². The van der Waals surface area contributed by atoms with Crippen molar-refractivity contribution in [3.05, 3.63) is 84.3 Å². The molecule has 3 aromatic carbocycles. The Morgan fingerprint density at radius 2 is 1.70 bits per heavy atom. The van der Waals surface area contributed by atoms with Crippen LogP contribution in [0.2, 0.25) is 0 Å². The molecule has 0 atom stereocenters. The van der Waals surface area contributed by atoms with Gasteiger partial charge in [0.15, 0.2) is 0 Å². The van der Waals surface area contributed by atoms with Crippen molar-refractivity contribution >= 4 is 21.8 Å². The van der Waals surface area contributed by atoms with Crippen molar-refractivity contribution in [2.24, 2.45) is 0 Å². The second kappa shape index (κ2) is 7.26. The van der Waals surface area contributed by atoms with Gasteiger partial charge in [-0.2, -0.15) is 5.10 Å². The van der Waals surface area contributed by atoms with Gasteiger partial charge in [-0.25, -0.2) is 9.07 Å². The second-order valence-corrected chi connectivity index (χ2v) is 7.24. The minimum absolute atomic E-state index is 0.279. The number of hydrogen-bond donors (Lipinski definition) is 0. The highest BCUT2D eigenvalue weighted by Crippen LogP contribution is 2.35. The Labute approximate surface area is 173 Å². The molecule has 2 heterocycles. The number of halogens is 1. The molecule has 0 radical (unpaired) electrons. The summed E-state index contributed by atoms with van der Waals surface area (Å²) in [5.74, 6) is 0.502. The molecular weight excluding hydrogens is 377 g/mol. The number of ether oxygens (including phenoxy) is 1. The highest BCUT2D eigenvalue weighted by Gasteiger charge is 2.17. The van der Waals surface area contributed by atoms with Gasteiger partial charge in [0.05, 0.1) is 23.3 Å². The smallest absolute Gasteiger partial charge is 0.123 e. The summed E-state index contributed by atoms with van der Waals surface area (Å²) in [6, 6.07) is 20.5. The SMILES string of the molecule is CCOc1ccc2ncc3c(-c4ccc(C)cc4)nn(-c4ccc(F)cc4)c3c2c1. The van der Waals surface area contributed by atoms with Crippen molar-refractivity contribution in [2.75, 3.05) is 6.61 Å². The molecule has 0 N–H and O–H groups in total. The van der Waals surface area contributed by atoms with Crippen molar-refractivity contribution in [3.63, 3.8) is 0 Å². The average Bonchev–Trinajstić information content (AvgIpc) is 3.15. The molecule has 2 aromatic heterocycles. The Morgan fingerprint density at radius 1 is 0.933 bits per heavy atom. The molecule has 0 bridgehead atoms. The maximum Gasteiger partial charge on any atom is 0.123 e. The van der Waals surface area contributed by atoms with E-state index in [4.69, 9.17) is 9.84 Å². The van der Waals surface area contributed by atoms with Crippen LogP contribution in [0.15, 0.2) is 72.9 Å². The molecule has 0 aliphatic carbocycles. The Kier molecular flexibility index (Phi) is 4.43. The number of aromatic nitrogens is 3. The zero-order valence-electron chi connectivity index (χ0n) is 16.8. The van der Waals surface area contributed by atoms with E-state index in [-0.39, 0.29) is 5.82 Å². The first-order chi connectivity index (χ1) is 14.6. The van der Waals surface area contributed by atoms with Gasteiger partial charge in [-0.3, -0.25) is 4.98 Å². The normalized spacial score (nSPS) is 11.3. The van der Waals surface area contributed by atoms with Crippen LogP contribution in [-0.2, 0) is 0 Å². The lowest BCUT2D eigenvalue weighted by molar-refractivity contribution is 0.341. The monoisotopic (exact) mass is 397 g/mol. The highest BCUT2D eigenvalue weighted by molar-refractivity contribution is 6.09. The molecule has 148 valence electrons. The Bertz CT molecular complexity index is 1360. The Balaban J connectivity index is 1.86. The summed E-state index contributed by atoms with van der Waals surface area (Å²) in [7, 11) is 0.